The van der Waals surface area contributed by atoms with E-state index in [1.165, 1.54) is 5.56 Å². The van der Waals surface area contributed by atoms with Crippen LogP contribution < -0.4 is 5.32 Å². The van der Waals surface area contributed by atoms with Crippen LogP contribution in [0.2, 0.25) is 10.0 Å². The zero-order valence-corrected chi connectivity index (χ0v) is 13.7. The molecule has 0 unspecified atom stereocenters. The molecule has 1 saturated heterocycles. The van der Waals surface area contributed by atoms with Crippen LogP contribution in [0.3, 0.4) is 0 Å². The maximum Gasteiger partial charge on any atom is 0.0475 e. The Kier molecular flexibility index (Phi) is 5.74. The molecule has 0 aliphatic carbocycles. The van der Waals surface area contributed by atoms with Crippen LogP contribution in [0.15, 0.2) is 18.2 Å². The number of hydrogen-bond acceptors (Lipinski definition) is 2. The van der Waals surface area contributed by atoms with Crippen molar-refractivity contribution in [3.8, 4) is 0 Å². The van der Waals surface area contributed by atoms with Gasteiger partial charge in [-0.15, -0.1) is 0 Å². The maximum atomic E-state index is 6.44. The molecule has 1 aliphatic heterocycles. The van der Waals surface area contributed by atoms with Gasteiger partial charge in [0.05, 0.1) is 0 Å². The van der Waals surface area contributed by atoms with Gasteiger partial charge in [0.2, 0.25) is 0 Å². The molecule has 0 radical (unpaired) electrons. The van der Waals surface area contributed by atoms with Crippen LogP contribution in [-0.4, -0.2) is 26.3 Å². The second-order valence-electron chi connectivity index (χ2n) is 6.04. The summed E-state index contributed by atoms with van der Waals surface area (Å²) in [5.74, 6) is 0.646. The second-order valence-corrected chi connectivity index (χ2v) is 6.89. The summed E-state index contributed by atoms with van der Waals surface area (Å²) in [7, 11) is 0. The van der Waals surface area contributed by atoms with E-state index < -0.39 is 0 Å². The fraction of sp³-hybridized carbons (Fsp3) is 0.625. The van der Waals surface area contributed by atoms with Crippen molar-refractivity contribution in [3.05, 3.63) is 33.8 Å². The minimum atomic E-state index is 0.0643. The first-order chi connectivity index (χ1) is 9.53. The topological polar surface area (TPSA) is 21.3 Å². The summed E-state index contributed by atoms with van der Waals surface area (Å²) in [6, 6.07) is 5.85. The van der Waals surface area contributed by atoms with Crippen LogP contribution in [0.4, 0.5) is 0 Å². The summed E-state index contributed by atoms with van der Waals surface area (Å²) in [5.41, 5.74) is 1.26. The molecule has 0 aromatic heterocycles. The molecule has 1 aromatic carbocycles. The Bertz CT molecular complexity index is 442. The first-order valence-electron chi connectivity index (χ1n) is 7.27. The van der Waals surface area contributed by atoms with Crippen LogP contribution in [0.5, 0.6) is 0 Å². The number of nitrogens with one attached hydrogen (secondary N) is 1. The van der Waals surface area contributed by atoms with E-state index in [-0.39, 0.29) is 5.41 Å². The van der Waals surface area contributed by atoms with E-state index in [9.17, 15) is 0 Å². The molecule has 1 N–H and O–H groups in total. The SMILES string of the molecule is CC(C)CNCC1(c2ccc(Cl)cc2Cl)CCOCC1. The van der Waals surface area contributed by atoms with Crippen molar-refractivity contribution in [2.45, 2.75) is 32.1 Å². The summed E-state index contributed by atoms with van der Waals surface area (Å²) >= 11 is 12.5. The van der Waals surface area contributed by atoms with Crippen LogP contribution in [0.1, 0.15) is 32.3 Å². The quantitative estimate of drug-likeness (QED) is 0.875. The number of halogens is 2. The molecule has 0 amide bonds. The molecule has 0 atom stereocenters. The predicted octanol–water partition coefficient (Wildman–Crippen LogP) is 4.29. The highest BCUT2D eigenvalue weighted by Crippen LogP contribution is 2.39. The molecule has 2 nitrogen and oxygen atoms in total. The summed E-state index contributed by atoms with van der Waals surface area (Å²) in [6.45, 7) is 7.99. The van der Waals surface area contributed by atoms with E-state index in [0.717, 1.165) is 44.2 Å². The Morgan fingerprint density at radius 3 is 2.55 bits per heavy atom. The van der Waals surface area contributed by atoms with E-state index in [1.807, 2.05) is 12.1 Å². The fourth-order valence-corrected chi connectivity index (χ4v) is 3.43. The summed E-state index contributed by atoms with van der Waals surface area (Å²) in [4.78, 5) is 0. The Hall–Kier alpha value is -0.280. The zero-order valence-electron chi connectivity index (χ0n) is 12.2. The highest BCUT2D eigenvalue weighted by molar-refractivity contribution is 6.35. The van der Waals surface area contributed by atoms with Crippen molar-refractivity contribution in [2.24, 2.45) is 5.92 Å². The van der Waals surface area contributed by atoms with Gasteiger partial charge in [-0.1, -0.05) is 43.1 Å². The molecular weight excluding hydrogens is 293 g/mol. The highest BCUT2D eigenvalue weighted by Gasteiger charge is 2.35. The predicted molar refractivity (Wildman–Crippen MR) is 85.9 cm³/mol. The van der Waals surface area contributed by atoms with Gasteiger partial charge in [0.1, 0.15) is 0 Å². The molecule has 1 heterocycles. The molecule has 4 heteroatoms. The molecule has 2 rings (SSSR count). The largest absolute Gasteiger partial charge is 0.381 e. The molecule has 1 aliphatic rings. The third-order valence-electron chi connectivity index (χ3n) is 3.97. The lowest BCUT2D eigenvalue weighted by atomic mass is 9.74. The summed E-state index contributed by atoms with van der Waals surface area (Å²) in [5, 5.41) is 5.05. The average Bonchev–Trinajstić information content (AvgIpc) is 2.39. The lowest BCUT2D eigenvalue weighted by molar-refractivity contribution is 0.0497. The van der Waals surface area contributed by atoms with Gasteiger partial charge in [-0.05, 0) is 43.0 Å². The number of hydrogen-bond donors (Lipinski definition) is 1. The Morgan fingerprint density at radius 1 is 1.25 bits per heavy atom. The monoisotopic (exact) mass is 315 g/mol. The third kappa shape index (κ3) is 3.88. The highest BCUT2D eigenvalue weighted by atomic mass is 35.5. The number of ether oxygens (including phenoxy) is 1. The molecule has 1 fully saturated rings. The van der Waals surface area contributed by atoms with E-state index in [1.54, 1.807) is 0 Å². The second kappa shape index (κ2) is 7.13. The molecule has 20 heavy (non-hydrogen) atoms. The van der Waals surface area contributed by atoms with Crippen molar-refractivity contribution in [2.75, 3.05) is 26.3 Å². The van der Waals surface area contributed by atoms with E-state index in [4.69, 9.17) is 27.9 Å². The minimum absolute atomic E-state index is 0.0643. The Balaban J connectivity index is 2.21. The van der Waals surface area contributed by atoms with Gasteiger partial charge in [-0.3, -0.25) is 0 Å². The third-order valence-corrected chi connectivity index (χ3v) is 4.52. The van der Waals surface area contributed by atoms with Crippen molar-refractivity contribution in [1.82, 2.24) is 5.32 Å². The molecule has 0 spiro atoms. The van der Waals surface area contributed by atoms with Gasteiger partial charge in [0.25, 0.3) is 0 Å². The molecule has 0 saturated carbocycles. The van der Waals surface area contributed by atoms with Crippen molar-refractivity contribution >= 4 is 23.2 Å². The van der Waals surface area contributed by atoms with Gasteiger partial charge in [0, 0.05) is 35.2 Å². The van der Waals surface area contributed by atoms with Crippen LogP contribution in [-0.2, 0) is 10.2 Å². The lowest BCUT2D eigenvalue weighted by Crippen LogP contribution is -2.43. The fourth-order valence-electron chi connectivity index (χ4n) is 2.82. The molecule has 0 bridgehead atoms. The summed E-state index contributed by atoms with van der Waals surface area (Å²) in [6.07, 6.45) is 2.00. The van der Waals surface area contributed by atoms with Gasteiger partial charge in [-0.25, -0.2) is 0 Å². The van der Waals surface area contributed by atoms with Gasteiger partial charge >= 0.3 is 0 Å². The molecular formula is C16H23Cl2NO. The smallest absolute Gasteiger partial charge is 0.0475 e. The number of rotatable bonds is 5. The van der Waals surface area contributed by atoms with Crippen LogP contribution >= 0.6 is 23.2 Å². The van der Waals surface area contributed by atoms with E-state index in [2.05, 4.69) is 25.2 Å². The maximum absolute atomic E-state index is 6.44. The average molecular weight is 316 g/mol. The lowest BCUT2D eigenvalue weighted by Gasteiger charge is -2.39. The standard InChI is InChI=1S/C16H23Cl2NO/c1-12(2)10-19-11-16(5-7-20-8-6-16)14-4-3-13(17)9-15(14)18/h3-4,9,12,19H,5-8,10-11H2,1-2H3. The first kappa shape index (κ1) is 16.1. The Labute approximate surface area is 131 Å². The molecule has 112 valence electrons. The zero-order chi connectivity index (χ0) is 14.6. The van der Waals surface area contributed by atoms with Gasteiger partial charge in [0.15, 0.2) is 0 Å². The Morgan fingerprint density at radius 2 is 1.95 bits per heavy atom. The van der Waals surface area contributed by atoms with E-state index in [0.29, 0.717) is 10.9 Å². The normalized spacial score (nSPS) is 18.4. The first-order valence-corrected chi connectivity index (χ1v) is 8.03. The molecule has 1 aromatic rings. The van der Waals surface area contributed by atoms with Crippen molar-refractivity contribution in [1.29, 1.82) is 0 Å². The van der Waals surface area contributed by atoms with Gasteiger partial charge in [-0.2, -0.15) is 0 Å². The van der Waals surface area contributed by atoms with Crippen molar-refractivity contribution < 1.29 is 4.74 Å². The van der Waals surface area contributed by atoms with Crippen LogP contribution in [0.25, 0.3) is 0 Å². The summed E-state index contributed by atoms with van der Waals surface area (Å²) < 4.78 is 5.54. The van der Waals surface area contributed by atoms with Gasteiger partial charge < -0.3 is 10.1 Å². The van der Waals surface area contributed by atoms with Crippen molar-refractivity contribution in [3.63, 3.8) is 0 Å². The number of benzene rings is 1. The van der Waals surface area contributed by atoms with Crippen LogP contribution in [0, 0.1) is 5.92 Å². The van der Waals surface area contributed by atoms with E-state index >= 15 is 0 Å². The minimum Gasteiger partial charge on any atom is -0.381 e.